The predicted molar refractivity (Wildman–Crippen MR) is 142 cm³/mol. The van der Waals surface area contributed by atoms with Crippen LogP contribution in [0.15, 0.2) is 53.7 Å². The Bertz CT molecular complexity index is 1300. The summed E-state index contributed by atoms with van der Waals surface area (Å²) in [6.45, 7) is 8.10. The summed E-state index contributed by atoms with van der Waals surface area (Å²) in [7, 11) is 1.87. The standard InChI is InChI=1S/C27H32N6OS/c1-6-7-8-21-11-15-23(16-12-21)33-26(22-13-9-18(2)10-14-22)29-30-27(33)35-17-24(34)28-25-19(3)31-32(5)20(25)4/h9-16H,6-8,17H2,1-5H3,(H,28,34). The van der Waals surface area contributed by atoms with Crippen LogP contribution in [0.2, 0.25) is 0 Å². The lowest BCUT2D eigenvalue weighted by atomic mass is 10.1. The zero-order valence-corrected chi connectivity index (χ0v) is 21.8. The molecule has 0 bridgehead atoms. The van der Waals surface area contributed by atoms with Crippen LogP contribution < -0.4 is 5.32 Å². The maximum atomic E-state index is 12.8. The van der Waals surface area contributed by atoms with E-state index in [0.717, 1.165) is 40.6 Å². The maximum Gasteiger partial charge on any atom is 0.234 e. The Morgan fingerprint density at radius 2 is 1.71 bits per heavy atom. The van der Waals surface area contributed by atoms with Gasteiger partial charge in [0.15, 0.2) is 11.0 Å². The summed E-state index contributed by atoms with van der Waals surface area (Å²) in [5.74, 6) is 0.873. The van der Waals surface area contributed by atoms with Gasteiger partial charge < -0.3 is 5.32 Å². The molecule has 0 saturated carbocycles. The van der Waals surface area contributed by atoms with Crippen molar-refractivity contribution in [1.82, 2.24) is 24.5 Å². The molecule has 0 saturated heterocycles. The molecule has 0 fully saturated rings. The summed E-state index contributed by atoms with van der Waals surface area (Å²) >= 11 is 1.37. The van der Waals surface area contributed by atoms with E-state index in [1.807, 2.05) is 25.5 Å². The smallest absolute Gasteiger partial charge is 0.234 e. The number of nitrogens with one attached hydrogen (secondary N) is 1. The average molecular weight is 489 g/mol. The summed E-state index contributed by atoms with van der Waals surface area (Å²) in [4.78, 5) is 12.8. The first-order chi connectivity index (χ1) is 16.9. The Hall–Kier alpha value is -3.39. The highest BCUT2D eigenvalue weighted by molar-refractivity contribution is 7.99. The molecule has 4 aromatic rings. The predicted octanol–water partition coefficient (Wildman–Crippen LogP) is 5.67. The van der Waals surface area contributed by atoms with Crippen molar-refractivity contribution in [2.75, 3.05) is 11.1 Å². The fraction of sp³-hybridized carbons (Fsp3) is 0.333. The molecule has 182 valence electrons. The van der Waals surface area contributed by atoms with Crippen LogP contribution in [-0.4, -0.2) is 36.2 Å². The van der Waals surface area contributed by atoms with Crippen LogP contribution in [0.5, 0.6) is 0 Å². The van der Waals surface area contributed by atoms with Gasteiger partial charge in [0.1, 0.15) is 0 Å². The van der Waals surface area contributed by atoms with Gasteiger partial charge in [0.2, 0.25) is 5.91 Å². The molecular weight excluding hydrogens is 456 g/mol. The molecule has 2 aromatic carbocycles. The van der Waals surface area contributed by atoms with Crippen molar-refractivity contribution in [1.29, 1.82) is 0 Å². The quantitative estimate of drug-likeness (QED) is 0.307. The van der Waals surface area contributed by atoms with Gasteiger partial charge >= 0.3 is 0 Å². The van der Waals surface area contributed by atoms with Crippen LogP contribution >= 0.6 is 11.8 Å². The second-order valence-electron chi connectivity index (χ2n) is 8.78. The first kappa shape index (κ1) is 24.7. The molecule has 0 aliphatic rings. The number of anilines is 1. The molecule has 0 atom stereocenters. The highest BCUT2D eigenvalue weighted by Gasteiger charge is 2.19. The highest BCUT2D eigenvalue weighted by atomic mass is 32.2. The van der Waals surface area contributed by atoms with E-state index in [-0.39, 0.29) is 11.7 Å². The Labute approximate surface area is 211 Å². The average Bonchev–Trinajstić information content (AvgIpc) is 3.38. The lowest BCUT2D eigenvalue weighted by Crippen LogP contribution is -2.15. The summed E-state index contributed by atoms with van der Waals surface area (Å²) < 4.78 is 3.81. The van der Waals surface area contributed by atoms with Crippen LogP contribution in [0.3, 0.4) is 0 Å². The molecule has 0 aliphatic heterocycles. The third kappa shape index (κ3) is 5.65. The summed E-state index contributed by atoms with van der Waals surface area (Å²) in [5.41, 5.74) is 6.96. The van der Waals surface area contributed by atoms with E-state index in [9.17, 15) is 4.79 Å². The van der Waals surface area contributed by atoms with Crippen molar-refractivity contribution in [2.45, 2.75) is 52.1 Å². The number of amides is 1. The third-order valence-corrected chi connectivity index (χ3v) is 6.99. The maximum absolute atomic E-state index is 12.8. The lowest BCUT2D eigenvalue weighted by molar-refractivity contribution is -0.113. The van der Waals surface area contributed by atoms with E-state index in [1.165, 1.54) is 35.7 Å². The minimum Gasteiger partial charge on any atom is -0.322 e. The van der Waals surface area contributed by atoms with E-state index in [4.69, 9.17) is 0 Å². The topological polar surface area (TPSA) is 77.6 Å². The molecule has 0 unspecified atom stereocenters. The van der Waals surface area contributed by atoms with Crippen LogP contribution in [-0.2, 0) is 18.3 Å². The van der Waals surface area contributed by atoms with Gasteiger partial charge in [0.25, 0.3) is 0 Å². The Morgan fingerprint density at radius 3 is 2.34 bits per heavy atom. The highest BCUT2D eigenvalue weighted by Crippen LogP contribution is 2.29. The van der Waals surface area contributed by atoms with Gasteiger partial charge in [-0.25, -0.2) is 0 Å². The third-order valence-electron chi connectivity index (χ3n) is 6.06. The van der Waals surface area contributed by atoms with Gasteiger partial charge in [-0.2, -0.15) is 5.10 Å². The molecule has 1 N–H and O–H groups in total. The first-order valence-corrected chi connectivity index (χ1v) is 12.9. The van der Waals surface area contributed by atoms with Crippen molar-refractivity contribution in [3.05, 3.63) is 71.0 Å². The normalized spacial score (nSPS) is 11.1. The minimum atomic E-state index is -0.101. The fourth-order valence-electron chi connectivity index (χ4n) is 3.94. The van der Waals surface area contributed by atoms with Crippen LogP contribution in [0.1, 0.15) is 42.3 Å². The Morgan fingerprint density at radius 1 is 1.00 bits per heavy atom. The number of nitrogens with zero attached hydrogens (tertiary/aromatic N) is 5. The molecule has 0 radical (unpaired) electrons. The summed E-state index contributed by atoms with van der Waals surface area (Å²) in [5, 5.41) is 17.0. The van der Waals surface area contributed by atoms with Crippen molar-refractivity contribution in [2.24, 2.45) is 7.05 Å². The van der Waals surface area contributed by atoms with E-state index >= 15 is 0 Å². The molecule has 0 aliphatic carbocycles. The number of carbonyl (C=O) groups is 1. The molecule has 7 nitrogen and oxygen atoms in total. The second-order valence-corrected chi connectivity index (χ2v) is 9.73. The fourth-order valence-corrected chi connectivity index (χ4v) is 4.69. The molecule has 2 aromatic heterocycles. The summed E-state index contributed by atoms with van der Waals surface area (Å²) in [6.07, 6.45) is 3.41. The van der Waals surface area contributed by atoms with E-state index in [0.29, 0.717) is 5.16 Å². The zero-order valence-electron chi connectivity index (χ0n) is 21.0. The number of unbranched alkanes of at least 4 members (excludes halogenated alkanes) is 1. The van der Waals surface area contributed by atoms with E-state index in [2.05, 4.69) is 83.0 Å². The number of thioether (sulfide) groups is 1. The Balaban J connectivity index is 1.60. The molecule has 8 heteroatoms. The lowest BCUT2D eigenvalue weighted by Gasteiger charge is -2.12. The van der Waals surface area contributed by atoms with Gasteiger partial charge in [-0.3, -0.25) is 14.0 Å². The van der Waals surface area contributed by atoms with E-state index < -0.39 is 0 Å². The number of aromatic nitrogens is 5. The molecule has 4 rings (SSSR count). The number of rotatable bonds is 9. The molecule has 0 spiro atoms. The van der Waals surface area contributed by atoms with E-state index in [1.54, 1.807) is 4.68 Å². The monoisotopic (exact) mass is 488 g/mol. The molecule has 1 amide bonds. The van der Waals surface area contributed by atoms with Gasteiger partial charge in [-0.1, -0.05) is 67.1 Å². The number of aryl methyl sites for hydroxylation is 4. The Kier molecular flexibility index (Phi) is 7.70. The number of carbonyl (C=O) groups excluding carboxylic acids is 1. The zero-order chi connectivity index (χ0) is 24.9. The SMILES string of the molecule is CCCCc1ccc(-n2c(SCC(=O)Nc3c(C)nn(C)c3C)nnc2-c2ccc(C)cc2)cc1. The summed E-state index contributed by atoms with van der Waals surface area (Å²) in [6, 6.07) is 16.8. The van der Waals surface area contributed by atoms with Crippen molar-refractivity contribution < 1.29 is 4.79 Å². The van der Waals surface area contributed by atoms with Crippen molar-refractivity contribution in [3.63, 3.8) is 0 Å². The van der Waals surface area contributed by atoms with Crippen LogP contribution in [0, 0.1) is 20.8 Å². The molecule has 2 heterocycles. The first-order valence-electron chi connectivity index (χ1n) is 11.9. The minimum absolute atomic E-state index is 0.101. The van der Waals surface area contributed by atoms with Crippen molar-refractivity contribution >= 4 is 23.4 Å². The second kappa shape index (κ2) is 10.9. The largest absolute Gasteiger partial charge is 0.322 e. The number of hydrogen-bond acceptors (Lipinski definition) is 5. The number of benzene rings is 2. The van der Waals surface area contributed by atoms with Gasteiger partial charge in [0.05, 0.1) is 22.8 Å². The van der Waals surface area contributed by atoms with Crippen molar-refractivity contribution in [3.8, 4) is 17.1 Å². The van der Waals surface area contributed by atoms with Gasteiger partial charge in [-0.15, -0.1) is 10.2 Å². The molecular formula is C27H32N6OS. The van der Waals surface area contributed by atoms with Crippen LogP contribution in [0.4, 0.5) is 5.69 Å². The van der Waals surface area contributed by atoms with Gasteiger partial charge in [-0.05, 0) is 51.3 Å². The van der Waals surface area contributed by atoms with Gasteiger partial charge in [0, 0.05) is 18.3 Å². The number of hydrogen-bond donors (Lipinski definition) is 1. The van der Waals surface area contributed by atoms with Crippen LogP contribution in [0.25, 0.3) is 17.1 Å². The molecule has 35 heavy (non-hydrogen) atoms.